The van der Waals surface area contributed by atoms with Crippen LogP contribution in [0.1, 0.15) is 6.92 Å². The fraction of sp³-hybridized carbons (Fsp3) is 0.222. The number of aliphatic carboxylic acids is 1. The molecule has 0 saturated carbocycles. The summed E-state index contributed by atoms with van der Waals surface area (Å²) < 4.78 is 0. The molecule has 1 atom stereocenters. The Morgan fingerprint density at radius 3 is 2.60 bits per heavy atom. The normalized spacial score (nSPS) is 11.9. The van der Waals surface area contributed by atoms with Crippen LogP contribution in [0.4, 0.5) is 5.69 Å². The van der Waals surface area contributed by atoms with Crippen molar-refractivity contribution < 1.29 is 9.90 Å². The summed E-state index contributed by atoms with van der Waals surface area (Å²) in [6, 6.07) is 5.36. The second-order valence-corrected chi connectivity index (χ2v) is 3.30. The van der Waals surface area contributed by atoms with Crippen molar-refractivity contribution in [2.45, 2.75) is 13.0 Å². The smallest absolute Gasteiger partial charge is 0.328 e. The van der Waals surface area contributed by atoms with Crippen LogP contribution >= 0.6 is 11.6 Å². The first-order valence-corrected chi connectivity index (χ1v) is 4.55. The molecule has 0 aliphatic carbocycles. The van der Waals surface area contributed by atoms with E-state index >= 15 is 0 Å². The molecule has 1 aromatic rings. The van der Waals surface area contributed by atoms with Crippen LogP contribution in [0.25, 0.3) is 0 Å². The van der Waals surface area contributed by atoms with Gasteiger partial charge in [-0.3, -0.25) is 0 Å². The van der Waals surface area contributed by atoms with E-state index in [0.717, 1.165) is 5.01 Å². The summed E-state index contributed by atoms with van der Waals surface area (Å²) in [5.41, 5.74) is 0.282. The molecule has 1 rings (SSSR count). The number of hydrogen-bond donors (Lipinski definition) is 1. The number of benzene rings is 1. The van der Waals surface area contributed by atoms with Crippen LogP contribution in [0.2, 0.25) is 5.02 Å². The first-order valence-electron chi connectivity index (χ1n) is 4.17. The van der Waals surface area contributed by atoms with Gasteiger partial charge in [-0.05, 0) is 19.1 Å². The molecular formula is C9H9ClN2O3. The monoisotopic (exact) mass is 228 g/mol. The minimum absolute atomic E-state index is 0.282. The van der Waals surface area contributed by atoms with Gasteiger partial charge in [-0.15, -0.1) is 4.91 Å². The number of nitrogens with zero attached hydrogens (tertiary/aromatic N) is 2. The molecule has 0 radical (unpaired) electrons. The third kappa shape index (κ3) is 2.44. The maximum atomic E-state index is 10.7. The molecule has 0 heterocycles. The summed E-state index contributed by atoms with van der Waals surface area (Å²) in [6.07, 6.45) is 0. The molecule has 0 aliphatic rings. The van der Waals surface area contributed by atoms with Crippen LogP contribution in [0, 0.1) is 4.91 Å². The van der Waals surface area contributed by atoms with Crippen LogP contribution in [0.5, 0.6) is 0 Å². The molecule has 1 aromatic carbocycles. The first-order chi connectivity index (χ1) is 7.07. The van der Waals surface area contributed by atoms with Crippen molar-refractivity contribution in [3.05, 3.63) is 34.2 Å². The molecule has 0 fully saturated rings. The Balaban J connectivity index is 3.08. The number of hydrogen-bond acceptors (Lipinski definition) is 3. The Morgan fingerprint density at radius 2 is 2.13 bits per heavy atom. The molecule has 0 saturated heterocycles. The van der Waals surface area contributed by atoms with Gasteiger partial charge in [0.2, 0.25) is 0 Å². The van der Waals surface area contributed by atoms with Crippen molar-refractivity contribution in [1.29, 1.82) is 0 Å². The lowest BCUT2D eigenvalue weighted by Crippen LogP contribution is -2.34. The molecule has 15 heavy (non-hydrogen) atoms. The quantitative estimate of drug-likeness (QED) is 0.634. The van der Waals surface area contributed by atoms with E-state index in [1.165, 1.54) is 13.0 Å². The lowest BCUT2D eigenvalue weighted by Gasteiger charge is -2.20. The van der Waals surface area contributed by atoms with E-state index < -0.39 is 12.0 Å². The molecule has 1 N–H and O–H groups in total. The number of halogens is 1. The Hall–Kier alpha value is -1.62. The Labute approximate surface area is 91.2 Å². The van der Waals surface area contributed by atoms with E-state index in [0.29, 0.717) is 0 Å². The Bertz CT molecular complexity index is 383. The molecule has 0 spiro atoms. The highest BCUT2D eigenvalue weighted by molar-refractivity contribution is 6.33. The highest BCUT2D eigenvalue weighted by Crippen LogP contribution is 2.26. The number of rotatable bonds is 4. The SMILES string of the molecule is CC(C(=O)O)N(N=O)c1ccccc1Cl. The van der Waals surface area contributed by atoms with E-state index in [4.69, 9.17) is 16.7 Å². The third-order valence-corrected chi connectivity index (χ3v) is 2.23. The van der Waals surface area contributed by atoms with Crippen molar-refractivity contribution >= 4 is 23.3 Å². The van der Waals surface area contributed by atoms with Gasteiger partial charge in [0, 0.05) is 0 Å². The van der Waals surface area contributed by atoms with Crippen molar-refractivity contribution in [3.8, 4) is 0 Å². The molecule has 0 amide bonds. The van der Waals surface area contributed by atoms with Crippen LogP contribution in [0.15, 0.2) is 29.6 Å². The molecular weight excluding hydrogens is 220 g/mol. The largest absolute Gasteiger partial charge is 0.480 e. The predicted molar refractivity (Wildman–Crippen MR) is 56.8 cm³/mol. The third-order valence-electron chi connectivity index (χ3n) is 1.91. The second-order valence-electron chi connectivity index (χ2n) is 2.89. The van der Waals surface area contributed by atoms with Crippen LogP contribution in [0.3, 0.4) is 0 Å². The number of carboxylic acid groups (broad SMARTS) is 1. The van der Waals surface area contributed by atoms with Crippen molar-refractivity contribution in [3.63, 3.8) is 0 Å². The lowest BCUT2D eigenvalue weighted by atomic mass is 10.2. The van der Waals surface area contributed by atoms with Gasteiger partial charge in [0.25, 0.3) is 0 Å². The zero-order valence-electron chi connectivity index (χ0n) is 7.92. The molecule has 0 bridgehead atoms. The summed E-state index contributed by atoms with van der Waals surface area (Å²) in [7, 11) is 0. The van der Waals surface area contributed by atoms with Crippen molar-refractivity contribution in [1.82, 2.24) is 0 Å². The minimum Gasteiger partial charge on any atom is -0.480 e. The van der Waals surface area contributed by atoms with Gasteiger partial charge in [0.15, 0.2) is 0 Å². The topological polar surface area (TPSA) is 70.0 Å². The Kier molecular flexibility index (Phi) is 3.62. The highest BCUT2D eigenvalue weighted by atomic mass is 35.5. The summed E-state index contributed by atoms with van der Waals surface area (Å²) in [5.74, 6) is -1.14. The maximum absolute atomic E-state index is 10.7. The van der Waals surface area contributed by atoms with Crippen molar-refractivity contribution in [2.24, 2.45) is 5.29 Å². The fourth-order valence-electron chi connectivity index (χ4n) is 1.07. The molecule has 0 aliphatic heterocycles. The zero-order valence-corrected chi connectivity index (χ0v) is 8.68. The summed E-state index contributed by atoms with van der Waals surface area (Å²) in [4.78, 5) is 21.3. The molecule has 5 nitrogen and oxygen atoms in total. The average molecular weight is 229 g/mol. The van der Waals surface area contributed by atoms with E-state index in [1.807, 2.05) is 0 Å². The van der Waals surface area contributed by atoms with Gasteiger partial charge in [-0.25, -0.2) is 9.80 Å². The number of carbonyl (C=O) groups is 1. The second kappa shape index (κ2) is 4.75. The molecule has 1 unspecified atom stereocenters. The van der Waals surface area contributed by atoms with Gasteiger partial charge in [0.1, 0.15) is 6.04 Å². The standard InChI is InChI=1S/C9H9ClN2O3/c1-6(9(13)14)12(11-15)8-5-3-2-4-7(8)10/h2-6H,1H3,(H,13,14). The van der Waals surface area contributed by atoms with E-state index in [1.54, 1.807) is 18.2 Å². The molecule has 6 heteroatoms. The summed E-state index contributed by atoms with van der Waals surface area (Å²) in [6.45, 7) is 1.35. The van der Waals surface area contributed by atoms with Crippen LogP contribution in [-0.2, 0) is 4.79 Å². The van der Waals surface area contributed by atoms with Gasteiger partial charge in [-0.1, -0.05) is 23.7 Å². The first kappa shape index (κ1) is 11.5. The molecule has 0 aromatic heterocycles. The maximum Gasteiger partial charge on any atom is 0.328 e. The van der Waals surface area contributed by atoms with Crippen molar-refractivity contribution in [2.75, 3.05) is 5.01 Å². The van der Waals surface area contributed by atoms with Gasteiger partial charge in [-0.2, -0.15) is 0 Å². The van der Waals surface area contributed by atoms with Gasteiger partial charge < -0.3 is 5.11 Å². The number of nitroso groups, excluding NO2 is 1. The highest BCUT2D eigenvalue weighted by Gasteiger charge is 2.23. The average Bonchev–Trinajstić information content (AvgIpc) is 2.21. The van der Waals surface area contributed by atoms with E-state index in [-0.39, 0.29) is 10.7 Å². The summed E-state index contributed by atoms with van der Waals surface area (Å²) >= 11 is 5.81. The van der Waals surface area contributed by atoms with E-state index in [2.05, 4.69) is 5.29 Å². The Morgan fingerprint density at radius 1 is 1.53 bits per heavy atom. The van der Waals surface area contributed by atoms with Crippen LogP contribution < -0.4 is 5.01 Å². The number of anilines is 1. The minimum atomic E-state index is -1.14. The lowest BCUT2D eigenvalue weighted by molar-refractivity contribution is -0.138. The van der Waals surface area contributed by atoms with Crippen LogP contribution in [-0.4, -0.2) is 17.1 Å². The predicted octanol–water partition coefficient (Wildman–Crippen LogP) is 2.30. The van der Waals surface area contributed by atoms with Gasteiger partial charge in [0.05, 0.1) is 16.0 Å². The number of carboxylic acids is 1. The zero-order chi connectivity index (χ0) is 11.4. The van der Waals surface area contributed by atoms with E-state index in [9.17, 15) is 9.70 Å². The number of para-hydroxylation sites is 1. The molecule has 80 valence electrons. The fourth-order valence-corrected chi connectivity index (χ4v) is 1.29. The summed E-state index contributed by atoms with van der Waals surface area (Å²) in [5, 5.41) is 12.5. The van der Waals surface area contributed by atoms with Gasteiger partial charge >= 0.3 is 5.97 Å².